The predicted molar refractivity (Wildman–Crippen MR) is 143 cm³/mol. The second-order valence-electron chi connectivity index (χ2n) is 10.4. The van der Waals surface area contributed by atoms with Gasteiger partial charge in [-0.25, -0.2) is 0 Å². The molecule has 2 aliphatic rings. The van der Waals surface area contributed by atoms with Crippen molar-refractivity contribution in [2.45, 2.75) is 52.6 Å². The molecular formula is C31H32OSi. The van der Waals surface area contributed by atoms with E-state index in [4.69, 9.17) is 4.42 Å². The normalized spacial score (nSPS) is 15.0. The third-order valence-electron chi connectivity index (χ3n) is 6.73. The van der Waals surface area contributed by atoms with Crippen molar-refractivity contribution in [2.75, 3.05) is 0 Å². The molecule has 2 aromatic carbocycles. The number of benzene rings is 2. The topological polar surface area (TPSA) is 13.1 Å². The fraction of sp³-hybridized carbons (Fsp3) is 0.258. The molecule has 0 radical (unpaired) electrons. The Balaban J connectivity index is 1.82. The molecule has 0 saturated heterocycles. The summed E-state index contributed by atoms with van der Waals surface area (Å²) >= 11 is 0. The highest BCUT2D eigenvalue weighted by atomic mass is 28.2. The van der Waals surface area contributed by atoms with Crippen molar-refractivity contribution in [1.29, 1.82) is 0 Å². The van der Waals surface area contributed by atoms with E-state index in [9.17, 15) is 0 Å². The Morgan fingerprint density at radius 3 is 2.21 bits per heavy atom. The summed E-state index contributed by atoms with van der Waals surface area (Å²) in [5.41, 5.74) is 9.53. The monoisotopic (exact) mass is 448 g/mol. The van der Waals surface area contributed by atoms with Gasteiger partial charge in [0.2, 0.25) is 0 Å². The van der Waals surface area contributed by atoms with Crippen molar-refractivity contribution in [3.05, 3.63) is 105 Å². The number of rotatable bonds is 3. The maximum atomic E-state index is 6.13. The maximum Gasteiger partial charge on any atom is 0.134 e. The number of aryl methyl sites for hydroxylation is 1. The molecule has 0 aliphatic heterocycles. The van der Waals surface area contributed by atoms with Crippen LogP contribution in [0.5, 0.6) is 0 Å². The highest BCUT2D eigenvalue weighted by Gasteiger charge is 2.26. The van der Waals surface area contributed by atoms with Gasteiger partial charge in [-0.05, 0) is 80.4 Å². The van der Waals surface area contributed by atoms with Gasteiger partial charge >= 0.3 is 0 Å². The van der Waals surface area contributed by atoms with Gasteiger partial charge < -0.3 is 4.42 Å². The fourth-order valence-corrected chi connectivity index (χ4v) is 6.15. The lowest BCUT2D eigenvalue weighted by atomic mass is 9.85. The second-order valence-corrected chi connectivity index (χ2v) is 13.0. The minimum atomic E-state index is -0.666. The molecular weight excluding hydrogens is 416 g/mol. The molecule has 33 heavy (non-hydrogen) atoms. The molecule has 0 N–H and O–H groups in total. The van der Waals surface area contributed by atoms with Gasteiger partial charge in [0.15, 0.2) is 0 Å². The molecule has 0 unspecified atom stereocenters. The van der Waals surface area contributed by atoms with Gasteiger partial charge in [-0.15, -0.1) is 0 Å². The summed E-state index contributed by atoms with van der Waals surface area (Å²) in [6, 6.07) is 18.2. The fourth-order valence-electron chi connectivity index (χ4n) is 4.96. The van der Waals surface area contributed by atoms with Crippen molar-refractivity contribution in [1.82, 2.24) is 0 Å². The summed E-state index contributed by atoms with van der Waals surface area (Å²) in [7, 11) is -0.666. The number of hydrogen-bond donors (Lipinski definition) is 0. The molecule has 0 spiro atoms. The quantitative estimate of drug-likeness (QED) is 0.374. The lowest BCUT2D eigenvalue weighted by Gasteiger charge is -2.20. The van der Waals surface area contributed by atoms with Crippen LogP contribution in [0.1, 0.15) is 49.8 Å². The van der Waals surface area contributed by atoms with Crippen molar-refractivity contribution < 1.29 is 4.42 Å². The van der Waals surface area contributed by atoms with E-state index in [1.54, 1.807) is 0 Å². The molecule has 2 heteroatoms. The Kier molecular flexibility index (Phi) is 5.37. The van der Waals surface area contributed by atoms with Crippen LogP contribution in [0.2, 0.25) is 13.1 Å². The van der Waals surface area contributed by atoms with Gasteiger partial charge in [0.1, 0.15) is 11.5 Å². The Morgan fingerprint density at radius 2 is 1.64 bits per heavy atom. The first-order valence-electron chi connectivity index (χ1n) is 11.8. The van der Waals surface area contributed by atoms with Crippen LogP contribution >= 0.6 is 0 Å². The molecule has 2 aliphatic carbocycles. The molecule has 1 nitrogen and oxygen atoms in total. The summed E-state index contributed by atoms with van der Waals surface area (Å²) in [6.45, 7) is 13.6. The minimum Gasteiger partial charge on any atom is -0.461 e. The van der Waals surface area contributed by atoms with Crippen LogP contribution in [0, 0.1) is 11.7 Å². The lowest BCUT2D eigenvalue weighted by Crippen LogP contribution is -2.11. The summed E-state index contributed by atoms with van der Waals surface area (Å²) < 4.78 is 6.13. The lowest BCUT2D eigenvalue weighted by molar-refractivity contribution is 0.523. The smallest absolute Gasteiger partial charge is 0.134 e. The van der Waals surface area contributed by atoms with Gasteiger partial charge in [0.25, 0.3) is 0 Å². The van der Waals surface area contributed by atoms with Crippen molar-refractivity contribution in [2.24, 2.45) is 0 Å². The van der Waals surface area contributed by atoms with E-state index in [2.05, 4.69) is 107 Å². The largest absolute Gasteiger partial charge is 0.461 e. The summed E-state index contributed by atoms with van der Waals surface area (Å²) in [4.78, 5) is 1.50. The van der Waals surface area contributed by atoms with Gasteiger partial charge in [-0.3, -0.25) is 0 Å². The average molecular weight is 449 g/mol. The predicted octanol–water partition coefficient (Wildman–Crippen LogP) is 7.73. The Morgan fingerprint density at radius 1 is 0.879 bits per heavy atom. The van der Waals surface area contributed by atoms with Gasteiger partial charge in [-0.2, -0.15) is 0 Å². The van der Waals surface area contributed by atoms with Crippen molar-refractivity contribution in [3.8, 4) is 11.1 Å². The average Bonchev–Trinajstić information content (AvgIpc) is 3.51. The Labute approximate surface area is 198 Å². The first kappa shape index (κ1) is 21.9. The third-order valence-corrected chi connectivity index (χ3v) is 8.23. The van der Waals surface area contributed by atoms with Crippen molar-refractivity contribution >= 4 is 25.6 Å². The molecule has 3 aromatic rings. The van der Waals surface area contributed by atoms with Gasteiger partial charge in [0.05, 0.1) is 0 Å². The van der Waals surface area contributed by atoms with E-state index >= 15 is 0 Å². The summed E-state index contributed by atoms with van der Waals surface area (Å²) in [5.74, 6) is 1.91. The van der Waals surface area contributed by atoms with Crippen molar-refractivity contribution in [3.63, 3.8) is 0 Å². The van der Waals surface area contributed by atoms with E-state index < -0.39 is 8.41 Å². The minimum absolute atomic E-state index is 0.147. The molecule has 5 rings (SSSR count). The standard InChI is InChI=1S/C31H32OSi/c1-20-11-17-26(32-20)25-19-23-14-18-27(33(5)6)29(30(23)28(25)21-9-7-8-10-21)22-12-15-24(16-13-22)31(2,3)4/h7-9,11-19H,10H2,1-6H3. The number of allylic oxidation sites excluding steroid dienone is 6. The van der Waals surface area contributed by atoms with Gasteiger partial charge in [-0.1, -0.05) is 88.5 Å². The zero-order chi connectivity index (χ0) is 23.3. The molecule has 0 fully saturated rings. The SMILES string of the molecule is Cc1ccc(C2=C(C3=CC=CC3)c3c(-c4ccc(C(C)(C)C)cc4)c(=[Si](C)C)ccc3=C2)o1. The zero-order valence-electron chi connectivity index (χ0n) is 20.5. The highest BCUT2D eigenvalue weighted by Crippen LogP contribution is 2.43. The van der Waals surface area contributed by atoms with Crippen LogP contribution in [0.4, 0.5) is 0 Å². The number of hydrogen-bond acceptors (Lipinski definition) is 1. The van der Waals surface area contributed by atoms with Crippen LogP contribution in [0.15, 0.2) is 76.7 Å². The number of furan rings is 1. The third kappa shape index (κ3) is 3.87. The van der Waals surface area contributed by atoms with E-state index in [1.165, 1.54) is 49.0 Å². The molecule has 0 atom stereocenters. The van der Waals surface area contributed by atoms with Crippen LogP contribution < -0.4 is 5.22 Å². The zero-order valence-corrected chi connectivity index (χ0v) is 21.5. The van der Waals surface area contributed by atoms with Gasteiger partial charge in [0, 0.05) is 14.0 Å². The van der Waals surface area contributed by atoms with E-state index in [1.807, 2.05) is 6.92 Å². The second kappa shape index (κ2) is 8.11. The van der Waals surface area contributed by atoms with Crippen LogP contribution in [0.25, 0.3) is 28.3 Å². The Hall–Kier alpha value is -2.97. The summed E-state index contributed by atoms with van der Waals surface area (Å²) in [6.07, 6.45) is 10.0. The van der Waals surface area contributed by atoms with E-state index in [-0.39, 0.29) is 5.41 Å². The number of fused-ring (bicyclic) bond motifs is 1. The molecule has 0 bridgehead atoms. The molecule has 0 saturated carbocycles. The summed E-state index contributed by atoms with van der Waals surface area (Å²) in [5, 5.41) is 1.30. The van der Waals surface area contributed by atoms with E-state index in [0.717, 1.165) is 17.9 Å². The highest BCUT2D eigenvalue weighted by molar-refractivity contribution is 6.48. The molecule has 0 amide bonds. The molecule has 166 valence electrons. The van der Waals surface area contributed by atoms with Crippen LogP contribution in [0.3, 0.4) is 0 Å². The molecule has 1 heterocycles. The maximum absolute atomic E-state index is 6.13. The van der Waals surface area contributed by atoms with E-state index in [0.29, 0.717) is 0 Å². The Bertz CT molecular complexity index is 1460. The molecule has 1 aromatic heterocycles. The first-order valence-corrected chi connectivity index (χ1v) is 14.3. The first-order chi connectivity index (χ1) is 15.7. The van der Waals surface area contributed by atoms with Crippen LogP contribution in [-0.4, -0.2) is 8.41 Å². The van der Waals surface area contributed by atoms with Crippen LogP contribution in [-0.2, 0) is 5.41 Å².